The Labute approximate surface area is 145 Å². The summed E-state index contributed by atoms with van der Waals surface area (Å²) in [5.41, 5.74) is 0.961. The topological polar surface area (TPSA) is 71.8 Å². The standard InChI is InChI=1S/C16H18FN5O.ClH/c17-13-7-11(1-2-14(13)22-10-19-9-20-22)21-15(23)12-8-16(12)3-5-18-6-4-16;/h1-2,7,9-10,12,18H,3-6,8H2,(H,21,23);1H. The molecule has 1 amide bonds. The quantitative estimate of drug-likeness (QED) is 0.889. The summed E-state index contributed by atoms with van der Waals surface area (Å²) in [4.78, 5) is 16.2. The lowest BCUT2D eigenvalue weighted by Gasteiger charge is -2.23. The normalized spacial score (nSPS) is 21.1. The van der Waals surface area contributed by atoms with Crippen LogP contribution in [0.2, 0.25) is 0 Å². The Morgan fingerprint density at radius 1 is 1.38 bits per heavy atom. The zero-order valence-electron chi connectivity index (χ0n) is 13.0. The molecule has 1 aromatic heterocycles. The molecule has 24 heavy (non-hydrogen) atoms. The van der Waals surface area contributed by atoms with E-state index in [4.69, 9.17) is 0 Å². The Hall–Kier alpha value is -1.99. The van der Waals surface area contributed by atoms with Gasteiger partial charge >= 0.3 is 0 Å². The van der Waals surface area contributed by atoms with Crippen LogP contribution in [0.3, 0.4) is 0 Å². The highest BCUT2D eigenvalue weighted by molar-refractivity contribution is 5.95. The van der Waals surface area contributed by atoms with E-state index in [0.29, 0.717) is 11.4 Å². The first-order valence-electron chi connectivity index (χ1n) is 7.84. The van der Waals surface area contributed by atoms with Crippen LogP contribution in [0.25, 0.3) is 5.69 Å². The van der Waals surface area contributed by atoms with Crippen LogP contribution in [-0.4, -0.2) is 33.8 Å². The van der Waals surface area contributed by atoms with Crippen LogP contribution in [0, 0.1) is 17.2 Å². The van der Waals surface area contributed by atoms with Gasteiger partial charge in [-0.25, -0.2) is 14.1 Å². The van der Waals surface area contributed by atoms with E-state index in [2.05, 4.69) is 20.7 Å². The number of piperidine rings is 1. The number of carbonyl (C=O) groups excluding carboxylic acids is 1. The number of rotatable bonds is 3. The fourth-order valence-electron chi connectivity index (χ4n) is 3.53. The van der Waals surface area contributed by atoms with Gasteiger partial charge in [0, 0.05) is 11.6 Å². The summed E-state index contributed by atoms with van der Waals surface area (Å²) >= 11 is 0. The van der Waals surface area contributed by atoms with Crippen molar-refractivity contribution in [3.8, 4) is 5.69 Å². The smallest absolute Gasteiger partial charge is 0.228 e. The molecule has 1 aliphatic heterocycles. The van der Waals surface area contributed by atoms with Gasteiger partial charge in [-0.05, 0) is 56.0 Å². The number of hydrogen-bond donors (Lipinski definition) is 2. The molecule has 2 aromatic rings. The number of nitrogens with zero attached hydrogens (tertiary/aromatic N) is 3. The second kappa shape index (κ2) is 6.49. The van der Waals surface area contributed by atoms with Gasteiger partial charge in [-0.1, -0.05) is 0 Å². The minimum Gasteiger partial charge on any atom is -0.326 e. The van der Waals surface area contributed by atoms with Gasteiger partial charge < -0.3 is 10.6 Å². The Morgan fingerprint density at radius 3 is 2.83 bits per heavy atom. The lowest BCUT2D eigenvalue weighted by molar-refractivity contribution is -0.118. The summed E-state index contributed by atoms with van der Waals surface area (Å²) in [7, 11) is 0. The van der Waals surface area contributed by atoms with E-state index in [0.717, 1.165) is 32.4 Å². The summed E-state index contributed by atoms with van der Waals surface area (Å²) in [5, 5.41) is 10.1. The van der Waals surface area contributed by atoms with Gasteiger partial charge in [0.2, 0.25) is 5.91 Å². The second-order valence-electron chi connectivity index (χ2n) is 6.36. The Morgan fingerprint density at radius 2 is 2.17 bits per heavy atom. The average Bonchev–Trinajstić information content (AvgIpc) is 2.97. The second-order valence-corrected chi connectivity index (χ2v) is 6.36. The molecule has 2 heterocycles. The molecule has 0 radical (unpaired) electrons. The van der Waals surface area contributed by atoms with Crippen molar-refractivity contribution in [2.75, 3.05) is 18.4 Å². The molecule has 2 N–H and O–H groups in total. The molecule has 128 valence electrons. The number of aromatic nitrogens is 3. The predicted molar refractivity (Wildman–Crippen MR) is 89.8 cm³/mol. The molecular formula is C16H19ClFN5O. The summed E-state index contributed by atoms with van der Waals surface area (Å²) in [6.07, 6.45) is 5.82. The van der Waals surface area contributed by atoms with Crippen LogP contribution in [0.4, 0.5) is 10.1 Å². The van der Waals surface area contributed by atoms with Crippen molar-refractivity contribution in [1.29, 1.82) is 0 Å². The molecule has 1 saturated heterocycles. The predicted octanol–water partition coefficient (Wildman–Crippen LogP) is 2.16. The van der Waals surface area contributed by atoms with E-state index in [9.17, 15) is 9.18 Å². The Kier molecular flexibility index (Phi) is 4.56. The largest absolute Gasteiger partial charge is 0.326 e. The maximum absolute atomic E-state index is 14.2. The van der Waals surface area contributed by atoms with Crippen LogP contribution in [0.5, 0.6) is 0 Å². The highest BCUT2D eigenvalue weighted by Gasteiger charge is 2.57. The molecule has 4 rings (SSSR count). The lowest BCUT2D eigenvalue weighted by Crippen LogP contribution is -2.31. The van der Waals surface area contributed by atoms with E-state index in [1.165, 1.54) is 23.4 Å². The van der Waals surface area contributed by atoms with E-state index in [1.54, 1.807) is 12.1 Å². The minimum absolute atomic E-state index is 0. The molecule has 2 fully saturated rings. The first kappa shape index (κ1) is 16.9. The van der Waals surface area contributed by atoms with Crippen LogP contribution in [0.1, 0.15) is 19.3 Å². The van der Waals surface area contributed by atoms with Crippen molar-refractivity contribution in [2.45, 2.75) is 19.3 Å². The third kappa shape index (κ3) is 3.01. The molecule has 0 bridgehead atoms. The number of halogens is 2. The van der Waals surface area contributed by atoms with Crippen LogP contribution >= 0.6 is 12.4 Å². The number of benzene rings is 1. The molecule has 1 aliphatic carbocycles. The molecule has 1 unspecified atom stereocenters. The van der Waals surface area contributed by atoms with Crippen molar-refractivity contribution in [2.24, 2.45) is 11.3 Å². The third-order valence-electron chi connectivity index (χ3n) is 4.99. The van der Waals surface area contributed by atoms with Gasteiger partial charge in [0.25, 0.3) is 0 Å². The highest BCUT2D eigenvalue weighted by atomic mass is 35.5. The minimum atomic E-state index is -0.444. The van der Waals surface area contributed by atoms with Crippen molar-refractivity contribution in [3.05, 3.63) is 36.7 Å². The summed E-state index contributed by atoms with van der Waals surface area (Å²) in [6.45, 7) is 1.95. The van der Waals surface area contributed by atoms with Crippen molar-refractivity contribution < 1.29 is 9.18 Å². The summed E-state index contributed by atoms with van der Waals surface area (Å²) in [6, 6.07) is 4.61. The van der Waals surface area contributed by atoms with E-state index >= 15 is 0 Å². The molecule has 1 saturated carbocycles. The van der Waals surface area contributed by atoms with Crippen molar-refractivity contribution in [1.82, 2.24) is 20.1 Å². The first-order chi connectivity index (χ1) is 11.2. The van der Waals surface area contributed by atoms with Crippen LogP contribution in [-0.2, 0) is 4.79 Å². The maximum Gasteiger partial charge on any atom is 0.228 e. The molecule has 8 heteroatoms. The Balaban J connectivity index is 0.00000169. The molecule has 1 atom stereocenters. The van der Waals surface area contributed by atoms with Gasteiger partial charge in [0.1, 0.15) is 18.3 Å². The molecule has 6 nitrogen and oxygen atoms in total. The van der Waals surface area contributed by atoms with Gasteiger partial charge in [-0.15, -0.1) is 12.4 Å². The fraction of sp³-hybridized carbons (Fsp3) is 0.438. The third-order valence-corrected chi connectivity index (χ3v) is 4.99. The van der Waals surface area contributed by atoms with E-state index in [-0.39, 0.29) is 29.6 Å². The van der Waals surface area contributed by atoms with Gasteiger partial charge in [0.05, 0.1) is 0 Å². The highest BCUT2D eigenvalue weighted by Crippen LogP contribution is 2.58. The number of nitrogens with one attached hydrogen (secondary N) is 2. The number of anilines is 1. The van der Waals surface area contributed by atoms with Crippen molar-refractivity contribution >= 4 is 24.0 Å². The molecule has 2 aliphatic rings. The molecule has 1 aromatic carbocycles. The maximum atomic E-state index is 14.2. The number of carbonyl (C=O) groups is 1. The van der Waals surface area contributed by atoms with Crippen LogP contribution in [0.15, 0.2) is 30.9 Å². The van der Waals surface area contributed by atoms with E-state index in [1.807, 2.05) is 0 Å². The van der Waals surface area contributed by atoms with E-state index < -0.39 is 5.82 Å². The van der Waals surface area contributed by atoms with Crippen molar-refractivity contribution in [3.63, 3.8) is 0 Å². The first-order valence-corrected chi connectivity index (χ1v) is 7.84. The zero-order chi connectivity index (χ0) is 15.9. The van der Waals surface area contributed by atoms with Gasteiger partial charge in [0.15, 0.2) is 5.82 Å². The fourth-order valence-corrected chi connectivity index (χ4v) is 3.53. The monoisotopic (exact) mass is 351 g/mol. The van der Waals surface area contributed by atoms with Gasteiger partial charge in [-0.2, -0.15) is 5.10 Å². The Bertz CT molecular complexity index is 730. The summed E-state index contributed by atoms with van der Waals surface area (Å²) in [5.74, 6) is -0.386. The zero-order valence-corrected chi connectivity index (χ0v) is 13.9. The van der Waals surface area contributed by atoms with Crippen LogP contribution < -0.4 is 10.6 Å². The SMILES string of the molecule is Cl.O=C(Nc1ccc(-n2cncn2)c(F)c1)C1CC12CCNCC2. The summed E-state index contributed by atoms with van der Waals surface area (Å²) < 4.78 is 15.5. The average molecular weight is 352 g/mol. The number of hydrogen-bond acceptors (Lipinski definition) is 4. The van der Waals surface area contributed by atoms with Gasteiger partial charge in [-0.3, -0.25) is 4.79 Å². The lowest BCUT2D eigenvalue weighted by atomic mass is 9.92. The molecule has 1 spiro atoms. The molecular weight excluding hydrogens is 333 g/mol. The number of amides is 1.